The summed E-state index contributed by atoms with van der Waals surface area (Å²) in [7, 11) is 1.69. The standard InChI is InChI=1S/C21H25N3O2S/c1-26-15-14-24-19-12-6-5-11-18(19)23-21(24)27-16-20(25)22-13-7-10-17-8-3-2-4-9-17/h2-6,8-9,11-12H,7,10,13-16H2,1H3,(H,22,25). The molecular weight excluding hydrogens is 358 g/mol. The van der Waals surface area contributed by atoms with Gasteiger partial charge in [0, 0.05) is 20.2 Å². The highest BCUT2D eigenvalue weighted by Crippen LogP contribution is 2.23. The minimum Gasteiger partial charge on any atom is -0.383 e. The molecule has 3 aromatic rings. The molecule has 1 N–H and O–H groups in total. The molecule has 2 aromatic carbocycles. The molecule has 1 heterocycles. The first-order valence-corrected chi connectivity index (χ1v) is 10.1. The second-order valence-corrected chi connectivity index (χ2v) is 7.20. The van der Waals surface area contributed by atoms with E-state index >= 15 is 0 Å². The van der Waals surface area contributed by atoms with Crippen LogP contribution < -0.4 is 5.32 Å². The number of aryl methyl sites for hydroxylation is 1. The highest BCUT2D eigenvalue weighted by atomic mass is 32.2. The van der Waals surface area contributed by atoms with Crippen molar-refractivity contribution in [3.63, 3.8) is 0 Å². The van der Waals surface area contributed by atoms with Gasteiger partial charge in [0.25, 0.3) is 0 Å². The topological polar surface area (TPSA) is 56.1 Å². The van der Waals surface area contributed by atoms with E-state index in [1.54, 1.807) is 7.11 Å². The quantitative estimate of drug-likeness (QED) is 0.430. The van der Waals surface area contributed by atoms with Gasteiger partial charge in [0.2, 0.25) is 5.91 Å². The van der Waals surface area contributed by atoms with Gasteiger partial charge in [0.1, 0.15) is 0 Å². The van der Waals surface area contributed by atoms with Crippen LogP contribution in [0.3, 0.4) is 0 Å². The average molecular weight is 384 g/mol. The van der Waals surface area contributed by atoms with Crippen molar-refractivity contribution in [3.8, 4) is 0 Å². The van der Waals surface area contributed by atoms with Crippen LogP contribution in [0.15, 0.2) is 59.8 Å². The number of hydrogen-bond acceptors (Lipinski definition) is 4. The van der Waals surface area contributed by atoms with E-state index in [1.807, 2.05) is 42.5 Å². The van der Waals surface area contributed by atoms with Crippen LogP contribution in [-0.2, 0) is 22.5 Å². The van der Waals surface area contributed by atoms with E-state index in [0.29, 0.717) is 18.9 Å². The number of aromatic nitrogens is 2. The summed E-state index contributed by atoms with van der Waals surface area (Å²) in [5.74, 6) is 0.403. The van der Waals surface area contributed by atoms with E-state index in [1.165, 1.54) is 17.3 Å². The summed E-state index contributed by atoms with van der Waals surface area (Å²) in [4.78, 5) is 16.8. The maximum absolute atomic E-state index is 12.2. The van der Waals surface area contributed by atoms with Crippen molar-refractivity contribution in [3.05, 3.63) is 60.2 Å². The van der Waals surface area contributed by atoms with E-state index < -0.39 is 0 Å². The summed E-state index contributed by atoms with van der Waals surface area (Å²) in [5, 5.41) is 3.85. The third-order valence-corrected chi connectivity index (χ3v) is 5.25. The third kappa shape index (κ3) is 5.58. The van der Waals surface area contributed by atoms with Crippen molar-refractivity contribution in [2.75, 3.05) is 26.0 Å². The van der Waals surface area contributed by atoms with Gasteiger partial charge in [-0.1, -0.05) is 54.2 Å². The predicted octanol–water partition coefficient (Wildman–Crippen LogP) is 3.52. The molecule has 0 bridgehead atoms. The minimum atomic E-state index is 0.0402. The number of methoxy groups -OCH3 is 1. The molecule has 0 unspecified atom stereocenters. The van der Waals surface area contributed by atoms with Crippen LogP contribution in [0.5, 0.6) is 0 Å². The van der Waals surface area contributed by atoms with Crippen molar-refractivity contribution >= 4 is 28.7 Å². The fourth-order valence-corrected chi connectivity index (χ4v) is 3.78. The first kappa shape index (κ1) is 19.5. The van der Waals surface area contributed by atoms with E-state index in [-0.39, 0.29) is 5.91 Å². The summed E-state index contributed by atoms with van der Waals surface area (Å²) in [6.07, 6.45) is 1.91. The number of thioether (sulfide) groups is 1. The molecule has 142 valence electrons. The van der Waals surface area contributed by atoms with Crippen LogP contribution in [0.1, 0.15) is 12.0 Å². The molecule has 0 saturated heterocycles. The molecule has 0 spiro atoms. The van der Waals surface area contributed by atoms with Gasteiger partial charge in [0.15, 0.2) is 5.16 Å². The van der Waals surface area contributed by atoms with E-state index in [4.69, 9.17) is 4.74 Å². The van der Waals surface area contributed by atoms with Gasteiger partial charge in [-0.05, 0) is 30.5 Å². The molecule has 0 aliphatic rings. The first-order chi connectivity index (χ1) is 13.3. The summed E-state index contributed by atoms with van der Waals surface area (Å²) >= 11 is 1.47. The summed E-state index contributed by atoms with van der Waals surface area (Å²) in [6.45, 7) is 2.02. The first-order valence-electron chi connectivity index (χ1n) is 9.15. The Hall–Kier alpha value is -2.31. The Labute approximate surface area is 164 Å². The second-order valence-electron chi connectivity index (χ2n) is 6.26. The highest BCUT2D eigenvalue weighted by Gasteiger charge is 2.12. The maximum atomic E-state index is 12.2. The Morgan fingerprint density at radius 1 is 1.15 bits per heavy atom. The lowest BCUT2D eigenvalue weighted by molar-refractivity contribution is -0.118. The monoisotopic (exact) mass is 383 g/mol. The Bertz CT molecular complexity index is 864. The lowest BCUT2D eigenvalue weighted by atomic mass is 10.1. The predicted molar refractivity (Wildman–Crippen MR) is 110 cm³/mol. The average Bonchev–Trinajstić information content (AvgIpc) is 3.06. The largest absolute Gasteiger partial charge is 0.383 e. The molecule has 3 rings (SSSR count). The van der Waals surface area contributed by atoms with Gasteiger partial charge >= 0.3 is 0 Å². The van der Waals surface area contributed by atoms with Gasteiger partial charge < -0.3 is 14.6 Å². The van der Waals surface area contributed by atoms with Gasteiger partial charge in [-0.2, -0.15) is 0 Å². The Kier molecular flexibility index (Phi) is 7.30. The molecule has 0 atom stereocenters. The van der Waals surface area contributed by atoms with Gasteiger partial charge in [-0.15, -0.1) is 0 Å². The summed E-state index contributed by atoms with van der Waals surface area (Å²) in [6, 6.07) is 18.3. The van der Waals surface area contributed by atoms with Crippen molar-refractivity contribution in [2.24, 2.45) is 0 Å². The molecule has 1 amide bonds. The number of nitrogens with zero attached hydrogens (tertiary/aromatic N) is 2. The Morgan fingerprint density at radius 3 is 2.74 bits per heavy atom. The van der Waals surface area contributed by atoms with Crippen LogP contribution in [0, 0.1) is 0 Å². The second kappa shape index (κ2) is 10.1. The van der Waals surface area contributed by atoms with Crippen molar-refractivity contribution < 1.29 is 9.53 Å². The van der Waals surface area contributed by atoms with Crippen molar-refractivity contribution in [1.29, 1.82) is 0 Å². The zero-order valence-electron chi connectivity index (χ0n) is 15.6. The fraction of sp³-hybridized carbons (Fsp3) is 0.333. The smallest absolute Gasteiger partial charge is 0.230 e. The van der Waals surface area contributed by atoms with Crippen molar-refractivity contribution in [1.82, 2.24) is 14.9 Å². The number of hydrogen-bond donors (Lipinski definition) is 1. The Balaban J connectivity index is 1.49. The van der Waals surface area contributed by atoms with Crippen LogP contribution >= 0.6 is 11.8 Å². The van der Waals surface area contributed by atoms with E-state index in [0.717, 1.165) is 35.6 Å². The van der Waals surface area contributed by atoms with Gasteiger partial charge in [0.05, 0.1) is 23.4 Å². The zero-order valence-corrected chi connectivity index (χ0v) is 16.4. The lowest BCUT2D eigenvalue weighted by Gasteiger charge is -2.08. The molecular formula is C21H25N3O2S. The van der Waals surface area contributed by atoms with Crippen LogP contribution in [0.25, 0.3) is 11.0 Å². The van der Waals surface area contributed by atoms with Crippen LogP contribution in [0.2, 0.25) is 0 Å². The number of ether oxygens (including phenoxy) is 1. The number of rotatable bonds is 10. The molecule has 1 aromatic heterocycles. The van der Waals surface area contributed by atoms with Gasteiger partial charge in [-0.3, -0.25) is 4.79 Å². The number of amides is 1. The number of imidazole rings is 1. The van der Waals surface area contributed by atoms with Crippen LogP contribution in [-0.4, -0.2) is 41.5 Å². The summed E-state index contributed by atoms with van der Waals surface area (Å²) in [5.41, 5.74) is 3.31. The molecule has 0 aliphatic heterocycles. The molecule has 0 radical (unpaired) electrons. The highest BCUT2D eigenvalue weighted by molar-refractivity contribution is 7.99. The summed E-state index contributed by atoms with van der Waals surface area (Å²) < 4.78 is 7.33. The number of para-hydroxylation sites is 2. The number of benzene rings is 2. The Morgan fingerprint density at radius 2 is 1.93 bits per heavy atom. The molecule has 0 aliphatic carbocycles. The van der Waals surface area contributed by atoms with Crippen LogP contribution in [0.4, 0.5) is 0 Å². The molecule has 6 heteroatoms. The van der Waals surface area contributed by atoms with Gasteiger partial charge in [-0.25, -0.2) is 4.98 Å². The number of carbonyl (C=O) groups excluding carboxylic acids is 1. The third-order valence-electron chi connectivity index (χ3n) is 4.28. The maximum Gasteiger partial charge on any atom is 0.230 e. The SMILES string of the molecule is COCCn1c(SCC(=O)NCCCc2ccccc2)nc2ccccc21. The minimum absolute atomic E-state index is 0.0402. The normalized spacial score (nSPS) is 11.0. The molecule has 5 nitrogen and oxygen atoms in total. The lowest BCUT2D eigenvalue weighted by Crippen LogP contribution is -2.26. The number of fused-ring (bicyclic) bond motifs is 1. The molecule has 0 fully saturated rings. The fourth-order valence-electron chi connectivity index (χ4n) is 2.91. The molecule has 27 heavy (non-hydrogen) atoms. The van der Waals surface area contributed by atoms with E-state index in [9.17, 15) is 4.79 Å². The van der Waals surface area contributed by atoms with Crippen molar-refractivity contribution in [2.45, 2.75) is 24.5 Å². The number of nitrogens with one attached hydrogen (secondary N) is 1. The number of carbonyl (C=O) groups is 1. The molecule has 0 saturated carbocycles. The van der Waals surface area contributed by atoms with E-state index in [2.05, 4.69) is 27.0 Å². The zero-order chi connectivity index (χ0) is 18.9.